The zero-order valence-corrected chi connectivity index (χ0v) is 12.8. The lowest BCUT2D eigenvalue weighted by molar-refractivity contribution is -0.117. The number of nitrogens with zero attached hydrogens (tertiary/aromatic N) is 1. The molecule has 114 valence electrons. The minimum atomic E-state index is -0.259. The van der Waals surface area contributed by atoms with Gasteiger partial charge < -0.3 is 5.32 Å². The molecule has 0 radical (unpaired) electrons. The molecule has 3 N–H and O–H groups in total. The average Bonchev–Trinajstić information content (AvgIpc) is 3.03. The van der Waals surface area contributed by atoms with Gasteiger partial charge in [0.05, 0.1) is 0 Å². The van der Waals surface area contributed by atoms with Gasteiger partial charge in [0.1, 0.15) is 6.04 Å². The highest BCUT2D eigenvalue weighted by Gasteiger charge is 2.30. The number of hydrogen-bond donors (Lipinski definition) is 3. The van der Waals surface area contributed by atoms with Gasteiger partial charge in [0.2, 0.25) is 5.91 Å². The van der Waals surface area contributed by atoms with Crippen molar-refractivity contribution < 1.29 is 4.79 Å². The van der Waals surface area contributed by atoms with Crippen LogP contribution in [0, 0.1) is 13.8 Å². The summed E-state index contributed by atoms with van der Waals surface area (Å²) in [5.74, 6) is -0.0207. The number of hydrazine groups is 1. The highest BCUT2D eigenvalue weighted by molar-refractivity contribution is 5.95. The van der Waals surface area contributed by atoms with Crippen LogP contribution in [0.5, 0.6) is 0 Å². The number of aryl methyl sites for hydroxylation is 1. The Kier molecular flexibility index (Phi) is 4.18. The van der Waals surface area contributed by atoms with E-state index in [1.54, 1.807) is 6.20 Å². The van der Waals surface area contributed by atoms with E-state index in [2.05, 4.69) is 21.2 Å². The highest BCUT2D eigenvalue weighted by atomic mass is 16.2. The lowest BCUT2D eigenvalue weighted by atomic mass is 10.0. The fourth-order valence-electron chi connectivity index (χ4n) is 2.64. The first kappa shape index (κ1) is 14.7. The molecule has 1 aromatic heterocycles. The average molecular weight is 296 g/mol. The summed E-state index contributed by atoms with van der Waals surface area (Å²) in [6.07, 6.45) is 4.27. The van der Waals surface area contributed by atoms with E-state index in [1.165, 1.54) is 5.56 Å². The molecule has 0 saturated carbocycles. The number of nitrogens with one attached hydrogen (secondary N) is 3. The summed E-state index contributed by atoms with van der Waals surface area (Å²) in [5, 5.41) is 3.01. The molecule has 0 spiro atoms. The van der Waals surface area contributed by atoms with Gasteiger partial charge in [-0.15, -0.1) is 0 Å². The fourth-order valence-corrected chi connectivity index (χ4v) is 2.64. The molecule has 1 aromatic carbocycles. The molecule has 1 aliphatic rings. The maximum Gasteiger partial charge on any atom is 0.242 e. The molecule has 2 atom stereocenters. The molecule has 5 heteroatoms. The smallest absolute Gasteiger partial charge is 0.242 e. The molecule has 1 aliphatic heterocycles. The predicted octanol–water partition coefficient (Wildman–Crippen LogP) is 2.24. The summed E-state index contributed by atoms with van der Waals surface area (Å²) >= 11 is 0. The van der Waals surface area contributed by atoms with Gasteiger partial charge in [0, 0.05) is 24.1 Å². The minimum absolute atomic E-state index is 0.0207. The van der Waals surface area contributed by atoms with Crippen LogP contribution in [0.25, 0.3) is 0 Å². The van der Waals surface area contributed by atoms with Crippen LogP contribution >= 0.6 is 0 Å². The van der Waals surface area contributed by atoms with Crippen molar-refractivity contribution >= 4 is 11.6 Å². The van der Waals surface area contributed by atoms with Crippen LogP contribution in [0.1, 0.15) is 29.2 Å². The Morgan fingerprint density at radius 3 is 2.86 bits per heavy atom. The van der Waals surface area contributed by atoms with Crippen molar-refractivity contribution in [1.82, 2.24) is 15.8 Å². The van der Waals surface area contributed by atoms with Crippen LogP contribution in [0.2, 0.25) is 0 Å². The summed E-state index contributed by atoms with van der Waals surface area (Å²) in [4.78, 5) is 16.5. The van der Waals surface area contributed by atoms with Crippen LogP contribution in [0.4, 0.5) is 5.69 Å². The van der Waals surface area contributed by atoms with E-state index in [0.29, 0.717) is 6.42 Å². The Morgan fingerprint density at radius 2 is 2.09 bits per heavy atom. The second kappa shape index (κ2) is 6.25. The Bertz CT molecular complexity index is 672. The van der Waals surface area contributed by atoms with E-state index in [1.807, 2.05) is 50.4 Å². The van der Waals surface area contributed by atoms with Gasteiger partial charge in [0.15, 0.2) is 0 Å². The van der Waals surface area contributed by atoms with Crippen molar-refractivity contribution in [1.29, 1.82) is 0 Å². The number of hydrogen-bond acceptors (Lipinski definition) is 4. The number of carbonyl (C=O) groups excluding carboxylic acids is 1. The van der Waals surface area contributed by atoms with Crippen LogP contribution in [-0.2, 0) is 4.79 Å². The third kappa shape index (κ3) is 3.00. The summed E-state index contributed by atoms with van der Waals surface area (Å²) in [7, 11) is 0. The SMILES string of the molecule is Cc1cccc(NC(=O)C2CC(c3cccnc3)NN2)c1C. The van der Waals surface area contributed by atoms with Gasteiger partial charge in [-0.2, -0.15) is 0 Å². The third-order valence-corrected chi connectivity index (χ3v) is 4.17. The van der Waals surface area contributed by atoms with Crippen LogP contribution in [-0.4, -0.2) is 16.9 Å². The molecule has 1 fully saturated rings. The molecular formula is C17H20N4O. The van der Waals surface area contributed by atoms with Crippen molar-refractivity contribution in [3.05, 3.63) is 59.4 Å². The van der Waals surface area contributed by atoms with Gasteiger partial charge in [-0.3, -0.25) is 9.78 Å². The predicted molar refractivity (Wildman–Crippen MR) is 86.2 cm³/mol. The number of rotatable bonds is 3. The van der Waals surface area contributed by atoms with Gasteiger partial charge in [-0.25, -0.2) is 10.9 Å². The molecule has 0 aliphatic carbocycles. The van der Waals surface area contributed by atoms with Crippen LogP contribution in [0.15, 0.2) is 42.7 Å². The topological polar surface area (TPSA) is 66.0 Å². The van der Waals surface area contributed by atoms with E-state index in [-0.39, 0.29) is 18.0 Å². The second-order valence-corrected chi connectivity index (χ2v) is 5.65. The Labute approximate surface area is 130 Å². The number of aromatic nitrogens is 1. The first-order chi connectivity index (χ1) is 10.6. The van der Waals surface area contributed by atoms with E-state index in [0.717, 1.165) is 16.8 Å². The van der Waals surface area contributed by atoms with Gasteiger partial charge in [-0.05, 0) is 49.1 Å². The Hall–Kier alpha value is -2.24. The van der Waals surface area contributed by atoms with E-state index in [9.17, 15) is 4.79 Å². The third-order valence-electron chi connectivity index (χ3n) is 4.17. The van der Waals surface area contributed by atoms with Crippen molar-refractivity contribution in [2.24, 2.45) is 0 Å². The minimum Gasteiger partial charge on any atom is -0.324 e. The molecule has 3 rings (SSSR count). The van der Waals surface area contributed by atoms with Gasteiger partial charge >= 0.3 is 0 Å². The summed E-state index contributed by atoms with van der Waals surface area (Å²) < 4.78 is 0. The van der Waals surface area contributed by atoms with Gasteiger partial charge in [0.25, 0.3) is 0 Å². The molecule has 0 bridgehead atoms. The molecular weight excluding hydrogens is 276 g/mol. The molecule has 1 saturated heterocycles. The monoisotopic (exact) mass is 296 g/mol. The first-order valence-corrected chi connectivity index (χ1v) is 7.43. The summed E-state index contributed by atoms with van der Waals surface area (Å²) in [6.45, 7) is 4.06. The lowest BCUT2D eigenvalue weighted by Gasteiger charge is -2.13. The molecule has 2 unspecified atom stereocenters. The molecule has 22 heavy (non-hydrogen) atoms. The van der Waals surface area contributed by atoms with E-state index < -0.39 is 0 Å². The summed E-state index contributed by atoms with van der Waals surface area (Å²) in [6, 6.07) is 9.68. The number of carbonyl (C=O) groups is 1. The number of pyridine rings is 1. The number of benzene rings is 1. The molecule has 5 nitrogen and oxygen atoms in total. The summed E-state index contributed by atoms with van der Waals surface area (Å²) in [5.41, 5.74) is 10.5. The van der Waals surface area contributed by atoms with E-state index in [4.69, 9.17) is 0 Å². The second-order valence-electron chi connectivity index (χ2n) is 5.65. The van der Waals surface area contributed by atoms with Gasteiger partial charge in [-0.1, -0.05) is 18.2 Å². The van der Waals surface area contributed by atoms with Crippen molar-refractivity contribution in [2.45, 2.75) is 32.4 Å². The quantitative estimate of drug-likeness (QED) is 0.813. The Balaban J connectivity index is 1.66. The van der Waals surface area contributed by atoms with Crippen LogP contribution < -0.4 is 16.2 Å². The van der Waals surface area contributed by atoms with Crippen molar-refractivity contribution in [2.75, 3.05) is 5.32 Å². The van der Waals surface area contributed by atoms with E-state index >= 15 is 0 Å². The molecule has 1 amide bonds. The van der Waals surface area contributed by atoms with Crippen LogP contribution in [0.3, 0.4) is 0 Å². The lowest BCUT2D eigenvalue weighted by Crippen LogP contribution is -2.39. The van der Waals surface area contributed by atoms with Crippen molar-refractivity contribution in [3.63, 3.8) is 0 Å². The zero-order valence-electron chi connectivity index (χ0n) is 12.8. The largest absolute Gasteiger partial charge is 0.324 e. The van der Waals surface area contributed by atoms with Crippen molar-refractivity contribution in [3.8, 4) is 0 Å². The zero-order chi connectivity index (χ0) is 15.5. The molecule has 2 heterocycles. The maximum absolute atomic E-state index is 12.4. The number of anilines is 1. The highest BCUT2D eigenvalue weighted by Crippen LogP contribution is 2.23. The standard InChI is InChI=1S/C17H20N4O/c1-11-5-3-7-14(12(11)2)19-17(22)16-9-15(20-21-16)13-6-4-8-18-10-13/h3-8,10,15-16,20-21H,9H2,1-2H3,(H,19,22). The number of amides is 1. The fraction of sp³-hybridized carbons (Fsp3) is 0.294. The first-order valence-electron chi connectivity index (χ1n) is 7.43. The molecule has 2 aromatic rings. The Morgan fingerprint density at radius 1 is 1.23 bits per heavy atom. The maximum atomic E-state index is 12.4. The normalized spacial score (nSPS) is 20.8.